The van der Waals surface area contributed by atoms with Crippen molar-refractivity contribution in [2.75, 3.05) is 14.2 Å². The average molecular weight is 593 g/mol. The van der Waals surface area contributed by atoms with Crippen LogP contribution in [-0.2, 0) is 4.57 Å². The third-order valence-corrected chi connectivity index (χ3v) is 8.30. The Morgan fingerprint density at radius 3 is 1.63 bits per heavy atom. The molecule has 7 nitrogen and oxygen atoms in total. The van der Waals surface area contributed by atoms with Crippen molar-refractivity contribution < 1.29 is 33.1 Å². The molecule has 0 fully saturated rings. The number of carbonyl (C=O) groups excluding carboxylic acids is 2. The van der Waals surface area contributed by atoms with Crippen LogP contribution >= 0.6 is 7.80 Å². The van der Waals surface area contributed by atoms with Gasteiger partial charge in [-0.25, -0.2) is 0 Å². The smallest absolute Gasteiger partial charge is 0.268 e. The Balaban J connectivity index is 1.55. The van der Waals surface area contributed by atoms with E-state index < -0.39 is 25.4 Å². The highest BCUT2D eigenvalue weighted by Gasteiger charge is 2.29. The molecular weight excluding hydrogens is 563 g/mol. The third-order valence-electron chi connectivity index (χ3n) is 6.71. The van der Waals surface area contributed by atoms with Gasteiger partial charge in [0.1, 0.15) is 28.6 Å². The van der Waals surface area contributed by atoms with Crippen LogP contribution in [-0.4, -0.2) is 25.5 Å². The van der Waals surface area contributed by atoms with Crippen molar-refractivity contribution in [2.24, 2.45) is 0 Å². The quantitative estimate of drug-likeness (QED) is 0.0866. The predicted octanol–water partition coefficient (Wildman–Crippen LogP) is 7.12. The summed E-state index contributed by atoms with van der Waals surface area (Å²) in [5.41, 5.74) is 0.271. The molecule has 0 saturated heterocycles. The Bertz CT molecular complexity index is 1690. The van der Waals surface area contributed by atoms with E-state index in [9.17, 15) is 14.2 Å². The fraction of sp³-hybridized carbons (Fsp3) is 0.0857. The Labute approximate surface area is 250 Å². The monoisotopic (exact) mass is 592 g/mol. The average Bonchev–Trinajstić information content (AvgIpc) is 3.07. The highest BCUT2D eigenvalue weighted by Crippen LogP contribution is 2.38. The number of rotatable bonds is 12. The predicted molar refractivity (Wildman–Crippen MR) is 166 cm³/mol. The molecule has 5 rings (SSSR count). The normalized spacial score (nSPS) is 11.4. The number of benzene rings is 5. The first-order chi connectivity index (χ1) is 21.0. The highest BCUT2D eigenvalue weighted by molar-refractivity contribution is 7.71. The lowest BCUT2D eigenvalue weighted by atomic mass is 9.98. The number of hydrogen-bond acceptors (Lipinski definition) is 7. The van der Waals surface area contributed by atoms with Crippen LogP contribution in [0.2, 0.25) is 0 Å². The maximum atomic E-state index is 14.2. The summed E-state index contributed by atoms with van der Waals surface area (Å²) in [5.74, 6) is 1.13. The lowest BCUT2D eigenvalue weighted by Gasteiger charge is -2.23. The van der Waals surface area contributed by atoms with Crippen LogP contribution in [0.3, 0.4) is 0 Å². The molecule has 0 bridgehead atoms. The van der Waals surface area contributed by atoms with Crippen molar-refractivity contribution in [1.82, 2.24) is 0 Å². The Morgan fingerprint density at radius 2 is 1.07 bits per heavy atom. The van der Waals surface area contributed by atoms with E-state index >= 15 is 0 Å². The lowest BCUT2D eigenvalue weighted by Crippen LogP contribution is -2.21. The molecule has 0 saturated carbocycles. The van der Waals surface area contributed by atoms with E-state index in [4.69, 9.17) is 18.9 Å². The van der Waals surface area contributed by atoms with Crippen LogP contribution in [0.4, 0.5) is 0 Å². The van der Waals surface area contributed by atoms with Gasteiger partial charge in [-0.3, -0.25) is 9.59 Å². The van der Waals surface area contributed by atoms with Crippen molar-refractivity contribution in [1.29, 1.82) is 0 Å². The molecule has 0 spiro atoms. The van der Waals surface area contributed by atoms with Crippen molar-refractivity contribution in [3.63, 3.8) is 0 Å². The molecule has 0 heterocycles. The van der Waals surface area contributed by atoms with E-state index in [1.807, 2.05) is 36.4 Å². The van der Waals surface area contributed by atoms with E-state index in [1.54, 1.807) is 84.9 Å². The summed E-state index contributed by atoms with van der Waals surface area (Å²) in [4.78, 5) is 27.8. The molecule has 1 atom stereocenters. The van der Waals surface area contributed by atoms with Crippen LogP contribution in [0.5, 0.6) is 23.0 Å². The summed E-state index contributed by atoms with van der Waals surface area (Å²) in [5, 5.41) is 0.134. The molecule has 0 aromatic heterocycles. The zero-order chi connectivity index (χ0) is 30.2. The summed E-state index contributed by atoms with van der Waals surface area (Å²) < 4.78 is 37.1. The maximum Gasteiger partial charge on any atom is 0.268 e. The summed E-state index contributed by atoms with van der Waals surface area (Å²) >= 11 is 0. The number of para-hydroxylation sites is 2. The van der Waals surface area contributed by atoms with Crippen molar-refractivity contribution in [3.05, 3.63) is 150 Å². The second-order valence-corrected chi connectivity index (χ2v) is 11.0. The van der Waals surface area contributed by atoms with Crippen molar-refractivity contribution >= 4 is 24.4 Å². The molecular formula is C35H29O7P. The van der Waals surface area contributed by atoms with E-state index in [0.29, 0.717) is 17.1 Å². The third kappa shape index (κ3) is 6.53. The maximum absolute atomic E-state index is 14.2. The van der Waals surface area contributed by atoms with E-state index in [-0.39, 0.29) is 33.5 Å². The number of methoxy groups -OCH3 is 2. The minimum Gasteiger partial charge on any atom is -0.496 e. The van der Waals surface area contributed by atoms with Crippen LogP contribution in [0.1, 0.15) is 38.1 Å². The fourth-order valence-corrected chi connectivity index (χ4v) is 6.05. The van der Waals surface area contributed by atoms with Crippen LogP contribution in [0.25, 0.3) is 0 Å². The first-order valence-corrected chi connectivity index (χ1v) is 14.9. The minimum atomic E-state index is -3.20. The molecule has 0 N–H and O–H groups in total. The number of hydrogen-bond donors (Lipinski definition) is 0. The Kier molecular flexibility index (Phi) is 9.35. The van der Waals surface area contributed by atoms with Crippen LogP contribution in [0.15, 0.2) is 127 Å². The molecule has 43 heavy (non-hydrogen) atoms. The SMILES string of the molecule is COc1cccc(OC)c1C(=O)[PH](=O)c1ccccc1C(=O)c1ccccc1C(Oc1ccccc1)Oc1ccccc1. The van der Waals surface area contributed by atoms with Crippen LogP contribution in [0, 0.1) is 0 Å². The number of ether oxygens (including phenoxy) is 4. The molecule has 1 unspecified atom stereocenters. The standard InChI is InChI=1S/C35H29O7P/c1-39-29-21-13-22-30(40-2)32(29)34(37)43(38)31-23-12-11-20-28(31)33(36)26-18-9-10-19-27(26)35(41-24-14-5-3-6-15-24)42-25-16-7-4-8-17-25/h3-23,35,43H,1-2H3. The first-order valence-electron chi connectivity index (χ1n) is 13.5. The molecule has 8 heteroatoms. The first kappa shape index (κ1) is 29.4. The molecule has 216 valence electrons. The van der Waals surface area contributed by atoms with Gasteiger partial charge in [-0.15, -0.1) is 0 Å². The molecule has 0 radical (unpaired) electrons. The second kappa shape index (κ2) is 13.7. The van der Waals surface area contributed by atoms with Gasteiger partial charge in [-0.05, 0) is 36.4 Å². The Morgan fingerprint density at radius 1 is 0.581 bits per heavy atom. The van der Waals surface area contributed by atoms with Gasteiger partial charge in [0.05, 0.1) is 14.2 Å². The molecule has 0 amide bonds. The van der Waals surface area contributed by atoms with Gasteiger partial charge >= 0.3 is 0 Å². The van der Waals surface area contributed by atoms with Gasteiger partial charge in [-0.1, -0.05) is 91.0 Å². The lowest BCUT2D eigenvalue weighted by molar-refractivity contribution is 0.00324. The summed E-state index contributed by atoms with van der Waals surface area (Å²) in [7, 11) is -0.365. The van der Waals surface area contributed by atoms with Gasteiger partial charge in [-0.2, -0.15) is 0 Å². The molecule has 0 aliphatic carbocycles. The zero-order valence-corrected chi connectivity index (χ0v) is 24.6. The summed E-state index contributed by atoms with van der Waals surface area (Å²) in [6, 6.07) is 36.5. The number of carbonyl (C=O) groups is 2. The van der Waals surface area contributed by atoms with Gasteiger partial charge in [0.25, 0.3) is 6.29 Å². The molecule has 5 aromatic carbocycles. The summed E-state index contributed by atoms with van der Waals surface area (Å²) in [6.07, 6.45) is -0.992. The fourth-order valence-electron chi connectivity index (χ4n) is 4.64. The zero-order valence-electron chi connectivity index (χ0n) is 23.6. The second-order valence-electron chi connectivity index (χ2n) is 9.35. The van der Waals surface area contributed by atoms with Crippen molar-refractivity contribution in [3.8, 4) is 23.0 Å². The van der Waals surface area contributed by atoms with E-state index in [2.05, 4.69) is 0 Å². The van der Waals surface area contributed by atoms with Gasteiger partial charge in [0.2, 0.25) is 5.52 Å². The van der Waals surface area contributed by atoms with Crippen molar-refractivity contribution in [2.45, 2.75) is 6.29 Å². The Hall–Kier alpha value is -5.13. The topological polar surface area (TPSA) is 88.1 Å². The summed E-state index contributed by atoms with van der Waals surface area (Å²) in [6.45, 7) is 0. The van der Waals surface area contributed by atoms with Gasteiger partial charge in [0, 0.05) is 22.0 Å². The highest BCUT2D eigenvalue weighted by atomic mass is 31.1. The molecule has 0 aliphatic rings. The molecule has 5 aromatic rings. The largest absolute Gasteiger partial charge is 0.496 e. The number of ketones is 1. The van der Waals surface area contributed by atoms with E-state index in [1.165, 1.54) is 20.3 Å². The van der Waals surface area contributed by atoms with Crippen LogP contribution < -0.4 is 24.3 Å². The van der Waals surface area contributed by atoms with E-state index in [0.717, 1.165) is 0 Å². The van der Waals surface area contributed by atoms with Gasteiger partial charge in [0.15, 0.2) is 13.6 Å². The molecule has 0 aliphatic heterocycles. The van der Waals surface area contributed by atoms with Gasteiger partial charge < -0.3 is 23.5 Å². The minimum absolute atomic E-state index is 0.0617.